The average molecular weight is 470 g/mol. The Labute approximate surface area is 172 Å². The Morgan fingerprint density at radius 1 is 1.19 bits per heavy atom. The number of hydrogen-bond donors (Lipinski definition) is 1. The molecule has 0 spiro atoms. The van der Waals surface area contributed by atoms with Gasteiger partial charge in [0.2, 0.25) is 11.8 Å². The Hall–Kier alpha value is -1.64. The first-order chi connectivity index (χ1) is 12.2. The van der Waals surface area contributed by atoms with Crippen molar-refractivity contribution in [2.45, 2.75) is 31.6 Å². The summed E-state index contributed by atoms with van der Waals surface area (Å²) in [6, 6.07) is 10.6. The summed E-state index contributed by atoms with van der Waals surface area (Å²) in [7, 11) is 1.77. The van der Waals surface area contributed by atoms with Gasteiger partial charge in [0, 0.05) is 52.0 Å². The summed E-state index contributed by atoms with van der Waals surface area (Å²) in [4.78, 5) is 31.7. The predicted molar refractivity (Wildman–Crippen MR) is 113 cm³/mol. The average Bonchev–Trinajstić information content (AvgIpc) is 3.11. The molecule has 142 valence electrons. The highest BCUT2D eigenvalue weighted by Crippen LogP contribution is 2.26. The Morgan fingerprint density at radius 3 is 2.54 bits per heavy atom. The molecule has 0 radical (unpaired) electrons. The largest absolute Gasteiger partial charge is 0.354 e. The fourth-order valence-electron chi connectivity index (χ4n) is 3.61. The van der Waals surface area contributed by atoms with Gasteiger partial charge >= 0.3 is 0 Å². The van der Waals surface area contributed by atoms with Crippen molar-refractivity contribution in [3.63, 3.8) is 0 Å². The maximum absolute atomic E-state index is 11.8. The van der Waals surface area contributed by atoms with Gasteiger partial charge in [-0.25, -0.2) is 0 Å². The van der Waals surface area contributed by atoms with Gasteiger partial charge in [0.15, 0.2) is 5.96 Å². The molecule has 2 amide bonds. The van der Waals surface area contributed by atoms with E-state index in [-0.39, 0.29) is 35.8 Å². The Kier molecular flexibility index (Phi) is 7.86. The molecule has 1 N–H and O–H groups in total. The van der Waals surface area contributed by atoms with Gasteiger partial charge in [0.05, 0.1) is 0 Å². The molecule has 1 aromatic rings. The van der Waals surface area contributed by atoms with Crippen LogP contribution in [0.1, 0.15) is 37.2 Å². The minimum absolute atomic E-state index is 0. The van der Waals surface area contributed by atoms with E-state index in [1.165, 1.54) is 10.5 Å². The van der Waals surface area contributed by atoms with Gasteiger partial charge in [-0.3, -0.25) is 19.5 Å². The normalized spacial score (nSPS) is 21.0. The summed E-state index contributed by atoms with van der Waals surface area (Å²) in [5, 5.41) is 3.30. The zero-order valence-corrected chi connectivity index (χ0v) is 17.5. The van der Waals surface area contributed by atoms with Gasteiger partial charge in [0.25, 0.3) is 0 Å². The lowest BCUT2D eigenvalue weighted by atomic mass is 9.99. The van der Waals surface area contributed by atoms with Crippen LogP contribution >= 0.6 is 24.0 Å². The highest BCUT2D eigenvalue weighted by atomic mass is 127. The van der Waals surface area contributed by atoms with Gasteiger partial charge in [0.1, 0.15) is 0 Å². The number of guanidine groups is 1. The number of likely N-dealkylation sites (tertiary alicyclic amines) is 2. The zero-order chi connectivity index (χ0) is 17.6. The number of nitrogens with zero attached hydrogens (tertiary/aromatic N) is 3. The summed E-state index contributed by atoms with van der Waals surface area (Å²) >= 11 is 0. The SMILES string of the molecule is CN=C(NCCN1C(=O)CCCC1=O)N1CCC(c2ccccc2)C1.I. The van der Waals surface area contributed by atoms with Crippen LogP contribution in [-0.4, -0.2) is 60.8 Å². The van der Waals surface area contributed by atoms with Crippen molar-refractivity contribution in [1.29, 1.82) is 0 Å². The maximum Gasteiger partial charge on any atom is 0.229 e. The third-order valence-corrected chi connectivity index (χ3v) is 4.97. The second-order valence-electron chi connectivity index (χ2n) is 6.61. The van der Waals surface area contributed by atoms with Crippen molar-refractivity contribution < 1.29 is 9.59 Å². The Balaban J connectivity index is 0.00000243. The van der Waals surface area contributed by atoms with Crippen molar-refractivity contribution in [2.75, 3.05) is 33.2 Å². The molecule has 2 saturated heterocycles. The van der Waals surface area contributed by atoms with E-state index in [4.69, 9.17) is 0 Å². The number of amides is 2. The molecule has 3 rings (SSSR count). The highest BCUT2D eigenvalue weighted by Gasteiger charge is 2.27. The number of carbonyl (C=O) groups excluding carboxylic acids is 2. The van der Waals surface area contributed by atoms with Crippen LogP contribution in [0.2, 0.25) is 0 Å². The summed E-state index contributed by atoms with van der Waals surface area (Å²) in [5.41, 5.74) is 1.37. The van der Waals surface area contributed by atoms with Gasteiger partial charge in [-0.2, -0.15) is 0 Å². The number of piperidine rings is 1. The van der Waals surface area contributed by atoms with E-state index in [9.17, 15) is 9.59 Å². The summed E-state index contributed by atoms with van der Waals surface area (Å²) < 4.78 is 0. The lowest BCUT2D eigenvalue weighted by Crippen LogP contribution is -2.47. The van der Waals surface area contributed by atoms with Crippen molar-refractivity contribution in [1.82, 2.24) is 15.1 Å². The van der Waals surface area contributed by atoms with Crippen molar-refractivity contribution in [3.8, 4) is 0 Å². The van der Waals surface area contributed by atoms with Crippen molar-refractivity contribution in [3.05, 3.63) is 35.9 Å². The van der Waals surface area contributed by atoms with Gasteiger partial charge in [-0.15, -0.1) is 24.0 Å². The molecule has 26 heavy (non-hydrogen) atoms. The number of imide groups is 1. The smallest absolute Gasteiger partial charge is 0.229 e. The molecule has 2 fully saturated rings. The highest BCUT2D eigenvalue weighted by molar-refractivity contribution is 14.0. The van der Waals surface area contributed by atoms with Crippen LogP contribution in [0.15, 0.2) is 35.3 Å². The van der Waals surface area contributed by atoms with E-state index in [0.29, 0.717) is 38.3 Å². The second-order valence-corrected chi connectivity index (χ2v) is 6.61. The first-order valence-corrected chi connectivity index (χ1v) is 9.03. The molecule has 1 atom stereocenters. The number of nitrogens with one attached hydrogen (secondary N) is 1. The minimum Gasteiger partial charge on any atom is -0.354 e. The van der Waals surface area contributed by atoms with Crippen LogP contribution in [0.4, 0.5) is 0 Å². The molecule has 2 aliphatic heterocycles. The molecule has 2 heterocycles. The molecule has 0 aliphatic carbocycles. The van der Waals surface area contributed by atoms with E-state index in [0.717, 1.165) is 25.5 Å². The maximum atomic E-state index is 11.8. The molecular weight excluding hydrogens is 443 g/mol. The fraction of sp³-hybridized carbons (Fsp3) is 0.526. The van der Waals surface area contributed by atoms with Gasteiger partial charge < -0.3 is 10.2 Å². The van der Waals surface area contributed by atoms with E-state index in [1.807, 2.05) is 6.07 Å². The number of aliphatic imine (C=N–C) groups is 1. The van der Waals surface area contributed by atoms with Crippen LogP contribution in [0, 0.1) is 0 Å². The summed E-state index contributed by atoms with van der Waals surface area (Å²) in [6.45, 7) is 2.84. The van der Waals surface area contributed by atoms with E-state index < -0.39 is 0 Å². The lowest BCUT2D eigenvalue weighted by Gasteiger charge is -2.26. The number of hydrogen-bond acceptors (Lipinski definition) is 3. The van der Waals surface area contributed by atoms with E-state index >= 15 is 0 Å². The minimum atomic E-state index is -0.0571. The number of halogens is 1. The molecule has 2 aliphatic rings. The van der Waals surface area contributed by atoms with Crippen molar-refractivity contribution >= 4 is 41.8 Å². The molecule has 6 nitrogen and oxygen atoms in total. The molecule has 0 bridgehead atoms. The summed E-state index contributed by atoms with van der Waals surface area (Å²) in [5.74, 6) is 1.25. The Morgan fingerprint density at radius 2 is 1.88 bits per heavy atom. The van der Waals surface area contributed by atoms with E-state index in [2.05, 4.69) is 39.5 Å². The van der Waals surface area contributed by atoms with Crippen LogP contribution < -0.4 is 5.32 Å². The fourth-order valence-corrected chi connectivity index (χ4v) is 3.61. The van der Waals surface area contributed by atoms with E-state index in [1.54, 1.807) is 7.05 Å². The lowest BCUT2D eigenvalue weighted by molar-refractivity contribution is -0.147. The van der Waals surface area contributed by atoms with Gasteiger partial charge in [-0.1, -0.05) is 30.3 Å². The Bertz CT molecular complexity index is 634. The number of benzene rings is 1. The quantitative estimate of drug-likeness (QED) is 0.317. The van der Waals surface area contributed by atoms with Crippen LogP contribution in [0.5, 0.6) is 0 Å². The molecule has 1 aromatic carbocycles. The van der Waals surface area contributed by atoms with Crippen LogP contribution in [0.25, 0.3) is 0 Å². The van der Waals surface area contributed by atoms with Gasteiger partial charge in [-0.05, 0) is 18.4 Å². The third-order valence-electron chi connectivity index (χ3n) is 4.97. The topological polar surface area (TPSA) is 65.0 Å². The molecular formula is C19H27IN4O2. The first-order valence-electron chi connectivity index (χ1n) is 9.03. The molecule has 0 aromatic heterocycles. The molecule has 7 heteroatoms. The van der Waals surface area contributed by atoms with Crippen molar-refractivity contribution in [2.24, 2.45) is 4.99 Å². The zero-order valence-electron chi connectivity index (χ0n) is 15.2. The molecule has 0 saturated carbocycles. The standard InChI is InChI=1S/C19H26N4O2.HI/c1-20-19(21-11-13-23-17(24)8-5-9-18(23)25)22-12-10-16(14-22)15-6-3-2-4-7-15;/h2-4,6-7,16H,5,8-14H2,1H3,(H,20,21);1H. The monoisotopic (exact) mass is 470 g/mol. The molecule has 1 unspecified atom stereocenters. The second kappa shape index (κ2) is 9.89. The first kappa shape index (κ1) is 20.7. The van der Waals surface area contributed by atoms with Crippen LogP contribution in [0.3, 0.4) is 0 Å². The third kappa shape index (κ3) is 4.96. The summed E-state index contributed by atoms with van der Waals surface area (Å²) in [6.07, 6.45) is 2.74. The number of rotatable bonds is 4. The number of carbonyl (C=O) groups is 2. The predicted octanol–water partition coefficient (Wildman–Crippen LogP) is 2.21. The van der Waals surface area contributed by atoms with Crippen LogP contribution in [-0.2, 0) is 9.59 Å².